The minimum absolute atomic E-state index is 0.166. The van der Waals surface area contributed by atoms with Gasteiger partial charge in [-0.15, -0.1) is 0 Å². The van der Waals surface area contributed by atoms with E-state index in [1.807, 2.05) is 13.8 Å². The van der Waals surface area contributed by atoms with Crippen molar-refractivity contribution in [1.29, 1.82) is 5.41 Å². The average molecular weight is 427 g/mol. The summed E-state index contributed by atoms with van der Waals surface area (Å²) in [6.45, 7) is 6.68. The number of carbonyl (C=O) groups is 1. The lowest BCUT2D eigenvalue weighted by Crippen LogP contribution is -2.24. The molecule has 0 atom stereocenters. The molecule has 158 valence electrons. The summed E-state index contributed by atoms with van der Waals surface area (Å²) in [5.74, 6) is -0.563. The van der Waals surface area contributed by atoms with Gasteiger partial charge in [0.15, 0.2) is 0 Å². The molecule has 4 N–H and O–H groups in total. The predicted molar refractivity (Wildman–Crippen MR) is 123 cm³/mol. The van der Waals surface area contributed by atoms with Crippen molar-refractivity contribution in [3.05, 3.63) is 70.0 Å². The van der Waals surface area contributed by atoms with Crippen LogP contribution in [0.3, 0.4) is 0 Å². The van der Waals surface area contributed by atoms with Gasteiger partial charge < -0.3 is 16.5 Å². The van der Waals surface area contributed by atoms with E-state index >= 15 is 0 Å². The molecule has 2 aromatic carbocycles. The van der Waals surface area contributed by atoms with E-state index < -0.39 is 5.82 Å². The van der Waals surface area contributed by atoms with Crippen molar-refractivity contribution >= 4 is 35.3 Å². The van der Waals surface area contributed by atoms with E-state index in [0.29, 0.717) is 39.7 Å². The van der Waals surface area contributed by atoms with E-state index in [1.54, 1.807) is 30.3 Å². The maximum atomic E-state index is 13.7. The zero-order chi connectivity index (χ0) is 22.1. The number of fused-ring (bicyclic) bond motifs is 1. The van der Waals surface area contributed by atoms with Crippen LogP contribution in [0, 0.1) is 11.2 Å². The summed E-state index contributed by atoms with van der Waals surface area (Å²) in [5, 5.41) is 10.6. The van der Waals surface area contributed by atoms with Crippen LogP contribution < -0.4 is 11.1 Å². The molecular weight excluding hydrogens is 399 g/mol. The summed E-state index contributed by atoms with van der Waals surface area (Å²) in [4.78, 5) is 18.3. The number of hydrogen-bond acceptors (Lipinski definition) is 5. The summed E-state index contributed by atoms with van der Waals surface area (Å²) in [6.07, 6.45) is 3.08. The molecule has 0 bridgehead atoms. The van der Waals surface area contributed by atoms with Gasteiger partial charge in [-0.3, -0.25) is 4.79 Å². The fourth-order valence-electron chi connectivity index (χ4n) is 2.75. The number of rotatable bonds is 6. The molecule has 2 aromatic rings. The van der Waals surface area contributed by atoms with E-state index in [2.05, 4.69) is 17.2 Å². The van der Waals surface area contributed by atoms with Crippen molar-refractivity contribution < 1.29 is 9.18 Å². The highest BCUT2D eigenvalue weighted by Crippen LogP contribution is 2.39. The van der Waals surface area contributed by atoms with Crippen LogP contribution in [-0.2, 0) is 0 Å². The minimum Gasteiger partial charge on any atom is -0.396 e. The highest BCUT2D eigenvalue weighted by molar-refractivity contribution is 8.04. The SMILES string of the molecule is CC.CCCCNC(=O)c1ccc2c(c1)N=C(c1cccc(F)c1)C(N)=C(C=N)S2. The number of allylic oxidation sites excluding steroid dienone is 2. The van der Waals surface area contributed by atoms with Gasteiger partial charge in [0.25, 0.3) is 5.91 Å². The van der Waals surface area contributed by atoms with Crippen LogP contribution in [0.25, 0.3) is 0 Å². The largest absolute Gasteiger partial charge is 0.396 e. The Kier molecular flexibility index (Phi) is 8.80. The first-order valence-electron chi connectivity index (χ1n) is 9.98. The minimum atomic E-state index is -0.398. The third-order valence-electron chi connectivity index (χ3n) is 4.24. The first-order valence-corrected chi connectivity index (χ1v) is 10.8. The smallest absolute Gasteiger partial charge is 0.251 e. The monoisotopic (exact) mass is 426 g/mol. The van der Waals surface area contributed by atoms with Gasteiger partial charge in [0, 0.05) is 28.8 Å². The second-order valence-electron chi connectivity index (χ2n) is 6.29. The molecule has 1 aliphatic heterocycles. The third-order valence-corrected chi connectivity index (χ3v) is 5.36. The van der Waals surface area contributed by atoms with E-state index in [4.69, 9.17) is 11.1 Å². The van der Waals surface area contributed by atoms with Crippen molar-refractivity contribution in [2.45, 2.75) is 38.5 Å². The molecule has 0 fully saturated rings. The lowest BCUT2D eigenvalue weighted by atomic mass is 10.1. The highest BCUT2D eigenvalue weighted by atomic mass is 32.2. The standard InChI is InChI=1S/C21H21FN4OS.C2H6/c1-2-3-9-25-21(27)14-7-8-17-16(11-14)26-20(19(24)18(12-23)28-17)13-5-4-6-15(22)10-13;1-2/h4-8,10-12,23H,2-3,9,24H2,1H3,(H,25,27);1-2H3. The number of unbranched alkanes of at least 4 members (excludes halogenated alkanes) is 1. The molecular formula is C23H27FN4OS. The van der Waals surface area contributed by atoms with E-state index in [0.717, 1.165) is 24.0 Å². The molecule has 5 nitrogen and oxygen atoms in total. The van der Waals surface area contributed by atoms with Crippen LogP contribution in [0.5, 0.6) is 0 Å². The number of carbonyl (C=O) groups excluding carboxylic acids is 1. The summed E-state index contributed by atoms with van der Waals surface area (Å²) >= 11 is 1.30. The lowest BCUT2D eigenvalue weighted by molar-refractivity contribution is 0.0953. The molecule has 0 unspecified atom stereocenters. The number of halogens is 1. The Morgan fingerprint density at radius 3 is 2.70 bits per heavy atom. The van der Waals surface area contributed by atoms with E-state index in [1.165, 1.54) is 23.9 Å². The van der Waals surface area contributed by atoms with Gasteiger partial charge in [-0.2, -0.15) is 0 Å². The van der Waals surface area contributed by atoms with Gasteiger partial charge in [0.1, 0.15) is 5.82 Å². The highest BCUT2D eigenvalue weighted by Gasteiger charge is 2.20. The zero-order valence-electron chi connectivity index (χ0n) is 17.5. The number of aliphatic imine (C=N–C) groups is 1. The Labute approximate surface area is 181 Å². The van der Waals surface area contributed by atoms with E-state index in [-0.39, 0.29) is 5.91 Å². The van der Waals surface area contributed by atoms with Crippen LogP contribution in [0.15, 0.2) is 63.0 Å². The molecule has 0 saturated heterocycles. The molecule has 0 saturated carbocycles. The number of nitrogens with two attached hydrogens (primary N) is 1. The maximum absolute atomic E-state index is 13.7. The second-order valence-corrected chi connectivity index (χ2v) is 7.37. The van der Waals surface area contributed by atoms with Gasteiger partial charge in [-0.25, -0.2) is 9.38 Å². The summed E-state index contributed by atoms with van der Waals surface area (Å²) < 4.78 is 13.7. The number of hydrogen-bond donors (Lipinski definition) is 3. The summed E-state index contributed by atoms with van der Waals surface area (Å²) in [6, 6.07) is 11.2. The zero-order valence-corrected chi connectivity index (χ0v) is 18.3. The van der Waals surface area contributed by atoms with Crippen LogP contribution in [-0.4, -0.2) is 24.4 Å². The van der Waals surface area contributed by atoms with Crippen LogP contribution in [0.2, 0.25) is 0 Å². The van der Waals surface area contributed by atoms with Gasteiger partial charge in [-0.05, 0) is 36.8 Å². The quantitative estimate of drug-likeness (QED) is 0.425. The molecule has 0 aromatic heterocycles. The van der Waals surface area contributed by atoms with Crippen molar-refractivity contribution in [3.8, 4) is 0 Å². The van der Waals surface area contributed by atoms with Gasteiger partial charge in [0.2, 0.25) is 0 Å². The molecule has 0 spiro atoms. The molecule has 0 radical (unpaired) electrons. The fourth-order valence-corrected chi connectivity index (χ4v) is 3.59. The molecule has 1 heterocycles. The Morgan fingerprint density at radius 1 is 1.27 bits per heavy atom. The van der Waals surface area contributed by atoms with Crippen molar-refractivity contribution in [1.82, 2.24) is 5.32 Å². The first-order chi connectivity index (χ1) is 14.5. The second kappa shape index (κ2) is 11.3. The topological polar surface area (TPSA) is 91.3 Å². The molecule has 0 aliphatic carbocycles. The number of amides is 1. The molecule has 1 aliphatic rings. The Morgan fingerprint density at radius 2 is 2.03 bits per heavy atom. The Bertz CT molecular complexity index is 985. The van der Waals surface area contributed by atoms with E-state index in [9.17, 15) is 9.18 Å². The van der Waals surface area contributed by atoms with Crippen LogP contribution >= 0.6 is 11.8 Å². The van der Waals surface area contributed by atoms with Gasteiger partial charge in [-0.1, -0.05) is 51.1 Å². The molecule has 7 heteroatoms. The molecule has 30 heavy (non-hydrogen) atoms. The van der Waals surface area contributed by atoms with Crippen molar-refractivity contribution in [2.75, 3.05) is 6.54 Å². The van der Waals surface area contributed by atoms with Crippen molar-refractivity contribution in [2.24, 2.45) is 10.7 Å². The van der Waals surface area contributed by atoms with Gasteiger partial charge in [0.05, 0.1) is 22.0 Å². The maximum Gasteiger partial charge on any atom is 0.251 e. The first kappa shape index (κ1) is 23.3. The fraction of sp³-hybridized carbons (Fsp3) is 0.261. The average Bonchev–Trinajstić information content (AvgIpc) is 2.91. The third kappa shape index (κ3) is 5.57. The van der Waals surface area contributed by atoms with Crippen molar-refractivity contribution in [3.63, 3.8) is 0 Å². The predicted octanol–water partition coefficient (Wildman–Crippen LogP) is 5.43. The number of nitrogens with one attached hydrogen (secondary N) is 2. The number of thioether (sulfide) groups is 1. The van der Waals surface area contributed by atoms with Crippen LogP contribution in [0.4, 0.5) is 10.1 Å². The summed E-state index contributed by atoms with van der Waals surface area (Å²) in [5.41, 5.74) is 8.51. The molecule has 3 rings (SSSR count). The van der Waals surface area contributed by atoms with Gasteiger partial charge >= 0.3 is 0 Å². The van der Waals surface area contributed by atoms with Crippen LogP contribution in [0.1, 0.15) is 49.5 Å². The number of benzene rings is 2. The number of nitrogens with zero attached hydrogens (tertiary/aromatic N) is 1. The Balaban J connectivity index is 0.00000155. The Hall–Kier alpha value is -2.93. The normalized spacial score (nSPS) is 12.7. The summed E-state index contributed by atoms with van der Waals surface area (Å²) in [7, 11) is 0. The molecule has 1 amide bonds. The lowest BCUT2D eigenvalue weighted by Gasteiger charge is -2.08.